The van der Waals surface area contributed by atoms with E-state index >= 15 is 0 Å². The van der Waals surface area contributed by atoms with Crippen LogP contribution in [-0.2, 0) is 33.2 Å². The molecule has 2 saturated heterocycles. The summed E-state index contributed by atoms with van der Waals surface area (Å²) in [4.78, 5) is 13.1. The largest absolute Gasteiger partial charge is 0.457 e. The average Bonchev–Trinajstić information content (AvgIpc) is 3.39. The van der Waals surface area contributed by atoms with Crippen LogP contribution < -0.4 is 0 Å². The third-order valence-corrected chi connectivity index (χ3v) is 12.9. The highest BCUT2D eigenvalue weighted by molar-refractivity contribution is 5.69. The van der Waals surface area contributed by atoms with E-state index in [2.05, 4.69) is 98.9 Å². The van der Waals surface area contributed by atoms with Crippen LogP contribution >= 0.6 is 0 Å². The summed E-state index contributed by atoms with van der Waals surface area (Å²) in [7, 11) is 0. The Hall–Kier alpha value is -2.83. The van der Waals surface area contributed by atoms with Crippen molar-refractivity contribution in [3.8, 4) is 0 Å². The summed E-state index contributed by atoms with van der Waals surface area (Å²) in [5, 5.41) is 72.3. The maximum absolute atomic E-state index is 13.1. The molecule has 14 nitrogen and oxygen atoms in total. The Balaban J connectivity index is 1.73. The lowest BCUT2D eigenvalue weighted by Crippen LogP contribution is -2.61. The summed E-state index contributed by atoms with van der Waals surface area (Å²) in [5.41, 5.74) is 0. The first-order chi connectivity index (χ1) is 35.6. The van der Waals surface area contributed by atoms with Crippen molar-refractivity contribution in [2.45, 2.75) is 248 Å². The van der Waals surface area contributed by atoms with Gasteiger partial charge in [-0.3, -0.25) is 4.79 Å². The van der Waals surface area contributed by atoms with E-state index in [1.807, 2.05) is 0 Å². The van der Waals surface area contributed by atoms with E-state index < -0.39 is 86.7 Å². The van der Waals surface area contributed by atoms with Gasteiger partial charge in [0.1, 0.15) is 54.9 Å². The van der Waals surface area contributed by atoms with E-state index in [9.17, 15) is 40.5 Å². The van der Waals surface area contributed by atoms with Gasteiger partial charge in [-0.05, 0) is 83.5 Å². The molecule has 0 aromatic heterocycles. The minimum absolute atomic E-state index is 0.0484. The second kappa shape index (κ2) is 45.4. The van der Waals surface area contributed by atoms with Crippen molar-refractivity contribution in [3.63, 3.8) is 0 Å². The molecule has 0 saturated carbocycles. The van der Waals surface area contributed by atoms with Crippen molar-refractivity contribution >= 4 is 5.97 Å². The molecule has 73 heavy (non-hydrogen) atoms. The maximum atomic E-state index is 13.1. The summed E-state index contributed by atoms with van der Waals surface area (Å²) in [6.07, 6.45) is 42.1. The Morgan fingerprint density at radius 1 is 0.452 bits per heavy atom. The first-order valence-electron chi connectivity index (χ1n) is 28.2. The topological polar surface area (TPSA) is 214 Å². The molecule has 11 atom stereocenters. The molecule has 0 spiro atoms. The predicted octanol–water partition coefficient (Wildman–Crippen LogP) is 9.63. The summed E-state index contributed by atoms with van der Waals surface area (Å²) in [5.74, 6) is -0.391. The Kier molecular flexibility index (Phi) is 41.2. The summed E-state index contributed by atoms with van der Waals surface area (Å²) >= 11 is 0. The number of rotatable bonds is 44. The number of ether oxygens (including phenoxy) is 6. The SMILES string of the molecule is CC/C=C\C/C=C\C/C=C\C/C=C\CCCCCCCCCCCOCC(COC1OC(COC2OC(CO)C(O)C(O)C2O)C(O)C(O)C1O)OC(=O)CCCCCCCCC/C=C\C/C=C\C/C=C\CC. The Labute approximate surface area is 439 Å². The van der Waals surface area contributed by atoms with Gasteiger partial charge >= 0.3 is 5.97 Å². The molecule has 0 aromatic rings. The highest BCUT2D eigenvalue weighted by Gasteiger charge is 2.47. The molecule has 7 N–H and O–H groups in total. The quantitative estimate of drug-likeness (QED) is 0.0172. The molecule has 0 aromatic carbocycles. The van der Waals surface area contributed by atoms with Crippen LogP contribution in [0.4, 0.5) is 0 Å². The van der Waals surface area contributed by atoms with Crippen molar-refractivity contribution in [2.24, 2.45) is 0 Å². The Morgan fingerprint density at radius 3 is 1.33 bits per heavy atom. The lowest BCUT2D eigenvalue weighted by Gasteiger charge is -2.42. The molecule has 0 bridgehead atoms. The second-order valence-electron chi connectivity index (χ2n) is 19.3. The number of esters is 1. The number of allylic oxidation sites excluding steroid dienone is 14. The van der Waals surface area contributed by atoms with Crippen molar-refractivity contribution < 1.29 is 69.0 Å². The summed E-state index contributed by atoms with van der Waals surface area (Å²) in [6, 6.07) is 0. The first kappa shape index (κ1) is 66.3. The minimum Gasteiger partial charge on any atom is -0.457 e. The lowest BCUT2D eigenvalue weighted by molar-refractivity contribution is -0.332. The van der Waals surface area contributed by atoms with E-state index in [0.29, 0.717) is 13.0 Å². The molecular formula is C59H100O14. The number of unbranched alkanes of at least 4 members (excludes halogenated alkanes) is 16. The molecule has 0 radical (unpaired) electrons. The van der Waals surface area contributed by atoms with Gasteiger partial charge < -0.3 is 64.2 Å². The van der Waals surface area contributed by atoms with E-state index in [1.54, 1.807) is 0 Å². The van der Waals surface area contributed by atoms with Crippen LogP contribution in [0.5, 0.6) is 0 Å². The lowest BCUT2D eigenvalue weighted by atomic mass is 9.98. The van der Waals surface area contributed by atoms with Crippen molar-refractivity contribution in [1.29, 1.82) is 0 Å². The summed E-state index contributed by atoms with van der Waals surface area (Å²) in [6.45, 7) is 3.43. The van der Waals surface area contributed by atoms with Crippen molar-refractivity contribution in [1.82, 2.24) is 0 Å². The van der Waals surface area contributed by atoms with Crippen molar-refractivity contribution in [3.05, 3.63) is 85.1 Å². The van der Waals surface area contributed by atoms with Crippen LogP contribution in [0.15, 0.2) is 85.1 Å². The van der Waals surface area contributed by atoms with E-state index in [-0.39, 0.29) is 19.6 Å². The van der Waals surface area contributed by atoms with Crippen LogP contribution in [0.1, 0.15) is 181 Å². The van der Waals surface area contributed by atoms with Crippen LogP contribution in [-0.4, -0.2) is 142 Å². The molecule has 11 unspecified atom stereocenters. The van der Waals surface area contributed by atoms with Crippen LogP contribution in [0.3, 0.4) is 0 Å². The maximum Gasteiger partial charge on any atom is 0.306 e. The summed E-state index contributed by atoms with van der Waals surface area (Å²) < 4.78 is 34.4. The van der Waals surface area contributed by atoms with Gasteiger partial charge in [-0.1, -0.05) is 176 Å². The molecule has 2 aliphatic heterocycles. The molecule has 0 aliphatic carbocycles. The minimum atomic E-state index is -1.71. The van der Waals surface area contributed by atoms with Gasteiger partial charge in [-0.15, -0.1) is 0 Å². The van der Waals surface area contributed by atoms with Gasteiger partial charge in [-0.25, -0.2) is 0 Å². The molecule has 420 valence electrons. The zero-order valence-corrected chi connectivity index (χ0v) is 44.8. The fourth-order valence-electron chi connectivity index (χ4n) is 8.41. The molecule has 2 heterocycles. The number of carbonyl (C=O) groups excluding carboxylic acids is 1. The van der Waals surface area contributed by atoms with Gasteiger partial charge in [0.15, 0.2) is 12.6 Å². The second-order valence-corrected chi connectivity index (χ2v) is 19.3. The van der Waals surface area contributed by atoms with Gasteiger partial charge in [0.2, 0.25) is 0 Å². The number of hydrogen-bond acceptors (Lipinski definition) is 14. The fourth-order valence-corrected chi connectivity index (χ4v) is 8.41. The molecular weight excluding hydrogens is 933 g/mol. The van der Waals surface area contributed by atoms with Gasteiger partial charge in [-0.2, -0.15) is 0 Å². The molecule has 0 amide bonds. The Bertz CT molecular complexity index is 1530. The average molecular weight is 1030 g/mol. The zero-order valence-electron chi connectivity index (χ0n) is 44.8. The number of aliphatic hydroxyl groups is 7. The number of aliphatic hydroxyl groups excluding tert-OH is 7. The monoisotopic (exact) mass is 1030 g/mol. The molecule has 2 fully saturated rings. The Morgan fingerprint density at radius 2 is 0.849 bits per heavy atom. The van der Waals surface area contributed by atoms with E-state index in [1.165, 1.54) is 51.4 Å². The number of carbonyl (C=O) groups is 1. The van der Waals surface area contributed by atoms with E-state index in [4.69, 9.17) is 28.4 Å². The van der Waals surface area contributed by atoms with Crippen LogP contribution in [0, 0.1) is 0 Å². The predicted molar refractivity (Wildman–Crippen MR) is 288 cm³/mol. The zero-order chi connectivity index (χ0) is 53.0. The van der Waals surface area contributed by atoms with Crippen molar-refractivity contribution in [2.75, 3.05) is 33.0 Å². The van der Waals surface area contributed by atoms with Gasteiger partial charge in [0, 0.05) is 13.0 Å². The smallest absolute Gasteiger partial charge is 0.306 e. The molecule has 2 aliphatic rings. The van der Waals surface area contributed by atoms with Gasteiger partial charge in [0.05, 0.1) is 26.4 Å². The highest BCUT2D eigenvalue weighted by atomic mass is 16.7. The third kappa shape index (κ3) is 32.4. The normalized spacial score (nSPS) is 25.6. The first-order valence-corrected chi connectivity index (χ1v) is 28.2. The molecule has 14 heteroatoms. The van der Waals surface area contributed by atoms with Gasteiger partial charge in [0.25, 0.3) is 0 Å². The van der Waals surface area contributed by atoms with Crippen LogP contribution in [0.25, 0.3) is 0 Å². The fraction of sp³-hybridized carbons (Fsp3) is 0.746. The highest BCUT2D eigenvalue weighted by Crippen LogP contribution is 2.26. The number of hydrogen-bond donors (Lipinski definition) is 7. The third-order valence-electron chi connectivity index (χ3n) is 12.9. The van der Waals surface area contributed by atoms with E-state index in [0.717, 1.165) is 103 Å². The van der Waals surface area contributed by atoms with Crippen LogP contribution in [0.2, 0.25) is 0 Å². The molecule has 2 rings (SSSR count). The standard InChI is InChI=1S/C59H100O14/c1-3-5-7-9-11-13-15-17-19-21-22-23-24-25-27-29-31-33-35-37-39-41-43-68-45-48(71-51(61)42-40-38-36-34-32-30-28-26-20-18-16-14-12-10-8-6-4-2)46-69-58-57(67)55(65)53(63)50(73-58)47-70-59-56(66)54(64)52(62)49(44-60)72-59/h5-8,11-14,17-20,22-23,48-50,52-60,62-67H,3-4,9-10,15-16,21,24-47H2,1-2H3/b7-5-,8-6-,13-11-,14-12-,19-17-,20-18-,23-22-.